The van der Waals surface area contributed by atoms with E-state index in [1.165, 1.54) is 12.6 Å². The SMILES string of the molecule is N=Cc1[nH]c2cc(Cl)ccc2c1NC1CCCCO1. The van der Waals surface area contributed by atoms with Crippen LogP contribution in [0.15, 0.2) is 18.2 Å². The van der Waals surface area contributed by atoms with E-state index in [1.807, 2.05) is 18.2 Å². The zero-order chi connectivity index (χ0) is 13.2. The molecule has 4 nitrogen and oxygen atoms in total. The van der Waals surface area contributed by atoms with Gasteiger partial charge in [-0.25, -0.2) is 0 Å². The zero-order valence-corrected chi connectivity index (χ0v) is 11.3. The fraction of sp³-hybridized carbons (Fsp3) is 0.357. The van der Waals surface area contributed by atoms with Crippen LogP contribution >= 0.6 is 11.6 Å². The van der Waals surface area contributed by atoms with Gasteiger partial charge >= 0.3 is 0 Å². The molecule has 0 spiro atoms. The monoisotopic (exact) mass is 277 g/mol. The minimum Gasteiger partial charge on any atom is -0.359 e. The molecule has 1 unspecified atom stereocenters. The summed E-state index contributed by atoms with van der Waals surface area (Å²) in [4.78, 5) is 3.20. The van der Waals surface area contributed by atoms with E-state index < -0.39 is 0 Å². The lowest BCUT2D eigenvalue weighted by atomic mass is 10.1. The Morgan fingerprint density at radius 3 is 3.05 bits per heavy atom. The van der Waals surface area contributed by atoms with E-state index in [0.29, 0.717) is 5.02 Å². The first kappa shape index (κ1) is 12.5. The van der Waals surface area contributed by atoms with E-state index in [-0.39, 0.29) is 6.23 Å². The van der Waals surface area contributed by atoms with Crippen molar-refractivity contribution >= 4 is 34.4 Å². The van der Waals surface area contributed by atoms with Gasteiger partial charge < -0.3 is 20.4 Å². The van der Waals surface area contributed by atoms with E-state index in [1.54, 1.807) is 0 Å². The van der Waals surface area contributed by atoms with Gasteiger partial charge in [0, 0.05) is 28.7 Å². The van der Waals surface area contributed by atoms with Crippen LogP contribution in [-0.4, -0.2) is 24.0 Å². The average molecular weight is 278 g/mol. The summed E-state index contributed by atoms with van der Waals surface area (Å²) in [5.74, 6) is 0. The Hall–Kier alpha value is -1.52. The highest BCUT2D eigenvalue weighted by Crippen LogP contribution is 2.30. The Bertz CT molecular complexity index is 602. The van der Waals surface area contributed by atoms with Gasteiger partial charge in [0.05, 0.1) is 11.4 Å². The van der Waals surface area contributed by atoms with E-state index in [9.17, 15) is 0 Å². The van der Waals surface area contributed by atoms with Crippen LogP contribution in [-0.2, 0) is 4.74 Å². The molecule has 2 aromatic rings. The molecular weight excluding hydrogens is 262 g/mol. The van der Waals surface area contributed by atoms with Gasteiger partial charge in [-0.05, 0) is 37.5 Å². The third-order valence-corrected chi connectivity index (χ3v) is 3.65. The van der Waals surface area contributed by atoms with Crippen LogP contribution in [0, 0.1) is 5.41 Å². The van der Waals surface area contributed by atoms with E-state index in [4.69, 9.17) is 21.7 Å². The van der Waals surface area contributed by atoms with Gasteiger partial charge in [-0.15, -0.1) is 0 Å². The van der Waals surface area contributed by atoms with E-state index >= 15 is 0 Å². The van der Waals surface area contributed by atoms with Crippen LogP contribution in [0.4, 0.5) is 5.69 Å². The first-order chi connectivity index (χ1) is 9.28. The van der Waals surface area contributed by atoms with Gasteiger partial charge in [-0.2, -0.15) is 0 Å². The molecule has 1 aliphatic heterocycles. The Labute approximate surface area is 116 Å². The van der Waals surface area contributed by atoms with E-state index in [2.05, 4.69) is 10.3 Å². The second-order valence-electron chi connectivity index (χ2n) is 4.75. The van der Waals surface area contributed by atoms with Gasteiger partial charge in [0.25, 0.3) is 0 Å². The molecule has 3 N–H and O–H groups in total. The summed E-state index contributed by atoms with van der Waals surface area (Å²) in [6.45, 7) is 0.797. The normalized spacial score (nSPS) is 19.5. The number of hydrogen-bond acceptors (Lipinski definition) is 3. The van der Waals surface area contributed by atoms with Crippen LogP contribution in [0.25, 0.3) is 10.9 Å². The topological polar surface area (TPSA) is 60.9 Å². The summed E-state index contributed by atoms with van der Waals surface area (Å²) >= 11 is 5.99. The van der Waals surface area contributed by atoms with Crippen molar-refractivity contribution in [2.24, 2.45) is 0 Å². The number of nitrogens with one attached hydrogen (secondary N) is 3. The van der Waals surface area contributed by atoms with Gasteiger partial charge in [-0.1, -0.05) is 11.6 Å². The minimum atomic E-state index is 0.0297. The molecule has 100 valence electrons. The molecule has 0 bridgehead atoms. The first-order valence-electron chi connectivity index (χ1n) is 6.48. The van der Waals surface area contributed by atoms with Crippen molar-refractivity contribution in [1.82, 2.24) is 4.98 Å². The van der Waals surface area contributed by atoms with Crippen LogP contribution < -0.4 is 5.32 Å². The maximum atomic E-state index is 7.52. The van der Waals surface area contributed by atoms with Crippen molar-refractivity contribution in [3.63, 3.8) is 0 Å². The number of anilines is 1. The molecule has 2 heterocycles. The molecule has 5 heteroatoms. The molecular formula is C14H16ClN3O. The average Bonchev–Trinajstić information content (AvgIpc) is 2.77. The minimum absolute atomic E-state index is 0.0297. The second-order valence-corrected chi connectivity index (χ2v) is 5.18. The summed E-state index contributed by atoms with van der Waals surface area (Å²) < 4.78 is 5.70. The van der Waals surface area contributed by atoms with Gasteiger partial charge in [-0.3, -0.25) is 0 Å². The molecule has 19 heavy (non-hydrogen) atoms. The molecule has 1 aromatic carbocycles. The highest BCUT2D eigenvalue weighted by molar-refractivity contribution is 6.31. The molecule has 0 radical (unpaired) electrons. The lowest BCUT2D eigenvalue weighted by molar-refractivity contribution is 0.0344. The lowest BCUT2D eigenvalue weighted by Crippen LogP contribution is -2.27. The largest absolute Gasteiger partial charge is 0.359 e. The Kier molecular flexibility index (Phi) is 3.44. The summed E-state index contributed by atoms with van der Waals surface area (Å²) in [7, 11) is 0. The summed E-state index contributed by atoms with van der Waals surface area (Å²) in [5, 5.41) is 12.6. The third kappa shape index (κ3) is 2.46. The first-order valence-corrected chi connectivity index (χ1v) is 6.85. The van der Waals surface area contributed by atoms with Crippen LogP contribution in [0.2, 0.25) is 5.02 Å². The number of fused-ring (bicyclic) bond motifs is 1. The molecule has 1 aliphatic rings. The van der Waals surface area contributed by atoms with Gasteiger partial charge in [0.1, 0.15) is 6.23 Å². The maximum Gasteiger partial charge on any atom is 0.127 e. The zero-order valence-electron chi connectivity index (χ0n) is 10.5. The number of benzene rings is 1. The highest BCUT2D eigenvalue weighted by Gasteiger charge is 2.17. The smallest absolute Gasteiger partial charge is 0.127 e. The van der Waals surface area contributed by atoms with Crippen molar-refractivity contribution in [3.8, 4) is 0 Å². The van der Waals surface area contributed by atoms with E-state index in [0.717, 1.165) is 41.7 Å². The Morgan fingerprint density at radius 1 is 1.42 bits per heavy atom. The molecule has 1 aromatic heterocycles. The molecule has 3 rings (SSSR count). The number of aromatic nitrogens is 1. The highest BCUT2D eigenvalue weighted by atomic mass is 35.5. The second kappa shape index (κ2) is 5.23. The number of rotatable bonds is 3. The number of H-pyrrole nitrogens is 1. The predicted octanol–water partition coefficient (Wildman–Crippen LogP) is 3.76. The molecule has 0 amide bonds. The predicted molar refractivity (Wildman–Crippen MR) is 78.4 cm³/mol. The number of halogens is 1. The van der Waals surface area contributed by atoms with Crippen LogP contribution in [0.1, 0.15) is 25.0 Å². The summed E-state index contributed by atoms with van der Waals surface area (Å²) in [6, 6.07) is 5.70. The van der Waals surface area contributed by atoms with Crippen molar-refractivity contribution in [3.05, 3.63) is 28.9 Å². The quantitative estimate of drug-likeness (QED) is 0.748. The third-order valence-electron chi connectivity index (χ3n) is 3.42. The Morgan fingerprint density at radius 2 is 2.32 bits per heavy atom. The van der Waals surface area contributed by atoms with Crippen molar-refractivity contribution in [2.45, 2.75) is 25.5 Å². The Balaban J connectivity index is 1.98. The van der Waals surface area contributed by atoms with Crippen LogP contribution in [0.5, 0.6) is 0 Å². The molecule has 0 aliphatic carbocycles. The number of ether oxygens (including phenoxy) is 1. The molecule has 1 fully saturated rings. The molecule has 1 atom stereocenters. The number of hydrogen-bond donors (Lipinski definition) is 3. The summed E-state index contributed by atoms with van der Waals surface area (Å²) in [6.07, 6.45) is 4.64. The fourth-order valence-corrected chi connectivity index (χ4v) is 2.64. The maximum absolute atomic E-state index is 7.52. The van der Waals surface area contributed by atoms with Gasteiger partial charge in [0.15, 0.2) is 0 Å². The van der Waals surface area contributed by atoms with Gasteiger partial charge in [0.2, 0.25) is 0 Å². The van der Waals surface area contributed by atoms with Crippen LogP contribution in [0.3, 0.4) is 0 Å². The lowest BCUT2D eigenvalue weighted by Gasteiger charge is -2.24. The van der Waals surface area contributed by atoms with Crippen molar-refractivity contribution in [1.29, 1.82) is 5.41 Å². The summed E-state index contributed by atoms with van der Waals surface area (Å²) in [5.41, 5.74) is 2.62. The van der Waals surface area contributed by atoms with Crippen molar-refractivity contribution in [2.75, 3.05) is 11.9 Å². The fourth-order valence-electron chi connectivity index (χ4n) is 2.47. The standard InChI is InChI=1S/C14H16ClN3O/c15-9-4-5-10-11(7-9)17-12(8-16)14(10)18-13-3-1-2-6-19-13/h4-5,7-8,13,16-18H,1-3,6H2. The number of aromatic amines is 1. The van der Waals surface area contributed by atoms with Crippen molar-refractivity contribution < 1.29 is 4.74 Å². The molecule has 1 saturated heterocycles. The molecule has 0 saturated carbocycles.